The highest BCUT2D eigenvalue weighted by Crippen LogP contribution is 2.07. The minimum atomic E-state index is -0.142. The highest BCUT2D eigenvalue weighted by atomic mass is 16.5. The van der Waals surface area contributed by atoms with E-state index in [9.17, 15) is 4.79 Å². The predicted octanol–water partition coefficient (Wildman–Crippen LogP) is 0.300. The first-order chi connectivity index (χ1) is 8.70. The largest absolute Gasteiger partial charge is 0.409 e. The number of rotatable bonds is 3. The van der Waals surface area contributed by atoms with Crippen molar-refractivity contribution in [3.05, 3.63) is 35.4 Å². The van der Waals surface area contributed by atoms with Gasteiger partial charge in [0.25, 0.3) is 5.91 Å². The van der Waals surface area contributed by atoms with Crippen LogP contribution >= 0.6 is 0 Å². The average Bonchev–Trinajstić information content (AvgIpc) is 2.91. The quantitative estimate of drug-likeness (QED) is 0.310. The summed E-state index contributed by atoms with van der Waals surface area (Å²) in [6.45, 7) is 1.25. The van der Waals surface area contributed by atoms with Crippen molar-refractivity contribution < 1.29 is 14.7 Å². The molecule has 1 aromatic rings. The molecule has 4 N–H and O–H groups in total. The number of oxime groups is 1. The molecule has 1 amide bonds. The molecule has 1 aliphatic rings. The maximum atomic E-state index is 11.9. The molecule has 1 aliphatic heterocycles. The molecule has 1 unspecified atom stereocenters. The molecule has 2 rings (SSSR count). The van der Waals surface area contributed by atoms with E-state index in [4.69, 9.17) is 15.7 Å². The highest BCUT2D eigenvalue weighted by Gasteiger charge is 2.18. The van der Waals surface area contributed by atoms with Crippen LogP contribution in [0.4, 0.5) is 0 Å². The number of nitrogens with one attached hydrogen (secondary N) is 1. The van der Waals surface area contributed by atoms with E-state index >= 15 is 0 Å². The summed E-state index contributed by atoms with van der Waals surface area (Å²) in [5.41, 5.74) is 6.54. The van der Waals surface area contributed by atoms with E-state index in [2.05, 4.69) is 10.5 Å². The van der Waals surface area contributed by atoms with Gasteiger partial charge in [-0.3, -0.25) is 4.79 Å². The van der Waals surface area contributed by atoms with Crippen LogP contribution in [0.1, 0.15) is 22.3 Å². The van der Waals surface area contributed by atoms with Crippen molar-refractivity contribution in [3.63, 3.8) is 0 Å². The zero-order chi connectivity index (χ0) is 13.0. The van der Waals surface area contributed by atoms with Crippen LogP contribution in [0.5, 0.6) is 0 Å². The van der Waals surface area contributed by atoms with Gasteiger partial charge in [0.15, 0.2) is 5.84 Å². The van der Waals surface area contributed by atoms with Gasteiger partial charge >= 0.3 is 0 Å². The lowest BCUT2D eigenvalue weighted by molar-refractivity contribution is 0.0930. The summed E-state index contributed by atoms with van der Waals surface area (Å²) in [6, 6.07) is 6.63. The van der Waals surface area contributed by atoms with Crippen molar-refractivity contribution in [3.8, 4) is 0 Å². The number of carbonyl (C=O) groups is 1. The Balaban J connectivity index is 2.02. The Bertz CT molecular complexity index is 450. The maximum Gasteiger partial charge on any atom is 0.251 e. The minimum absolute atomic E-state index is 0.0196. The minimum Gasteiger partial charge on any atom is -0.409 e. The van der Waals surface area contributed by atoms with E-state index in [0.29, 0.717) is 24.3 Å². The zero-order valence-corrected chi connectivity index (χ0v) is 9.80. The van der Waals surface area contributed by atoms with Gasteiger partial charge in [0.05, 0.1) is 12.6 Å². The van der Waals surface area contributed by atoms with E-state index in [1.807, 2.05) is 0 Å². The van der Waals surface area contributed by atoms with E-state index in [1.165, 1.54) is 0 Å². The van der Waals surface area contributed by atoms with E-state index in [0.717, 1.165) is 6.42 Å². The SMILES string of the molecule is N/C(=N/O)c1ccc(C(=O)NC2CCOC2)cc1. The first kappa shape index (κ1) is 12.4. The predicted molar refractivity (Wildman–Crippen MR) is 65.6 cm³/mol. The Morgan fingerprint density at radius 3 is 2.61 bits per heavy atom. The molecule has 96 valence electrons. The number of nitrogens with two attached hydrogens (primary N) is 1. The maximum absolute atomic E-state index is 11.9. The Morgan fingerprint density at radius 2 is 2.06 bits per heavy atom. The summed E-state index contributed by atoms with van der Waals surface area (Å²) in [5, 5.41) is 14.3. The molecule has 0 radical (unpaired) electrons. The van der Waals surface area contributed by atoms with Crippen molar-refractivity contribution in [1.29, 1.82) is 0 Å². The first-order valence-electron chi connectivity index (χ1n) is 5.67. The molecule has 0 saturated carbocycles. The number of amidine groups is 1. The third kappa shape index (κ3) is 2.78. The zero-order valence-electron chi connectivity index (χ0n) is 9.80. The molecule has 0 spiro atoms. The summed E-state index contributed by atoms with van der Waals surface area (Å²) in [4.78, 5) is 11.9. The summed E-state index contributed by atoms with van der Waals surface area (Å²) >= 11 is 0. The molecule has 6 nitrogen and oxygen atoms in total. The molecule has 0 aliphatic carbocycles. The molecule has 1 fully saturated rings. The van der Waals surface area contributed by atoms with E-state index < -0.39 is 0 Å². The molecule has 0 aromatic heterocycles. The third-order valence-electron chi connectivity index (χ3n) is 2.82. The Kier molecular flexibility index (Phi) is 3.78. The standard InChI is InChI=1S/C12H15N3O3/c13-11(15-17)8-1-3-9(4-2-8)12(16)14-10-5-6-18-7-10/h1-4,10,17H,5-7H2,(H2,13,15)(H,14,16). The van der Waals surface area contributed by atoms with Crippen LogP contribution in [0.25, 0.3) is 0 Å². The third-order valence-corrected chi connectivity index (χ3v) is 2.82. The molecular formula is C12H15N3O3. The second kappa shape index (κ2) is 5.50. The summed E-state index contributed by atoms with van der Waals surface area (Å²) in [5.74, 6) is -0.122. The fraction of sp³-hybridized carbons (Fsp3) is 0.333. The van der Waals surface area contributed by atoms with Gasteiger partial charge < -0.3 is 21.0 Å². The van der Waals surface area contributed by atoms with Gasteiger partial charge in [0.1, 0.15) is 0 Å². The summed E-state index contributed by atoms with van der Waals surface area (Å²) in [6.07, 6.45) is 0.841. The lowest BCUT2D eigenvalue weighted by Crippen LogP contribution is -2.35. The monoisotopic (exact) mass is 249 g/mol. The van der Waals surface area contributed by atoms with Crippen LogP contribution in [-0.4, -0.2) is 36.2 Å². The Hall–Kier alpha value is -2.08. The first-order valence-corrected chi connectivity index (χ1v) is 5.67. The molecule has 1 heterocycles. The topological polar surface area (TPSA) is 96.9 Å². The van der Waals surface area contributed by atoms with Gasteiger partial charge in [-0.1, -0.05) is 17.3 Å². The van der Waals surface area contributed by atoms with Gasteiger partial charge in [-0.25, -0.2) is 0 Å². The molecule has 1 aromatic carbocycles. The lowest BCUT2D eigenvalue weighted by Gasteiger charge is -2.10. The van der Waals surface area contributed by atoms with E-state index in [1.54, 1.807) is 24.3 Å². The smallest absolute Gasteiger partial charge is 0.251 e. The van der Waals surface area contributed by atoms with Crippen LogP contribution in [-0.2, 0) is 4.74 Å². The fourth-order valence-corrected chi connectivity index (χ4v) is 1.77. The lowest BCUT2D eigenvalue weighted by atomic mass is 10.1. The van der Waals surface area contributed by atoms with Crippen LogP contribution < -0.4 is 11.1 Å². The molecule has 18 heavy (non-hydrogen) atoms. The molecule has 0 bridgehead atoms. The highest BCUT2D eigenvalue weighted by molar-refractivity contribution is 5.99. The van der Waals surface area contributed by atoms with Crippen molar-refractivity contribution in [2.75, 3.05) is 13.2 Å². The Labute approximate surface area is 104 Å². The van der Waals surface area contributed by atoms with Crippen molar-refractivity contribution >= 4 is 11.7 Å². The van der Waals surface area contributed by atoms with E-state index in [-0.39, 0.29) is 17.8 Å². The number of carbonyl (C=O) groups excluding carboxylic acids is 1. The number of amides is 1. The van der Waals surface area contributed by atoms with Crippen LogP contribution in [0.2, 0.25) is 0 Å². The number of hydrogen-bond donors (Lipinski definition) is 3. The van der Waals surface area contributed by atoms with Crippen LogP contribution in [0.15, 0.2) is 29.4 Å². The van der Waals surface area contributed by atoms with Crippen molar-refractivity contribution in [2.24, 2.45) is 10.9 Å². The number of benzene rings is 1. The average molecular weight is 249 g/mol. The second-order valence-corrected chi connectivity index (χ2v) is 4.10. The fourth-order valence-electron chi connectivity index (χ4n) is 1.77. The van der Waals surface area contributed by atoms with Crippen molar-refractivity contribution in [2.45, 2.75) is 12.5 Å². The van der Waals surface area contributed by atoms with Gasteiger partial charge in [-0.2, -0.15) is 0 Å². The van der Waals surface area contributed by atoms with Crippen LogP contribution in [0.3, 0.4) is 0 Å². The van der Waals surface area contributed by atoms with Gasteiger partial charge in [-0.05, 0) is 18.6 Å². The van der Waals surface area contributed by atoms with Gasteiger partial charge in [-0.15, -0.1) is 0 Å². The van der Waals surface area contributed by atoms with Gasteiger partial charge in [0.2, 0.25) is 0 Å². The Morgan fingerprint density at radius 1 is 1.39 bits per heavy atom. The normalized spacial score (nSPS) is 19.8. The van der Waals surface area contributed by atoms with Crippen molar-refractivity contribution in [1.82, 2.24) is 5.32 Å². The molecular weight excluding hydrogens is 234 g/mol. The molecule has 1 atom stereocenters. The number of nitrogens with zero attached hydrogens (tertiary/aromatic N) is 1. The number of ether oxygens (including phenoxy) is 1. The number of hydrogen-bond acceptors (Lipinski definition) is 4. The summed E-state index contributed by atoms with van der Waals surface area (Å²) < 4.78 is 5.18. The second-order valence-electron chi connectivity index (χ2n) is 4.10. The molecule has 1 saturated heterocycles. The van der Waals surface area contributed by atoms with Crippen LogP contribution in [0, 0.1) is 0 Å². The molecule has 6 heteroatoms. The van der Waals surface area contributed by atoms with Gasteiger partial charge in [0, 0.05) is 17.7 Å². The summed E-state index contributed by atoms with van der Waals surface area (Å²) in [7, 11) is 0.